The molecule has 1 atom stereocenters. The Labute approximate surface area is 109 Å². The van der Waals surface area contributed by atoms with Crippen LogP contribution in [0.25, 0.3) is 0 Å². The van der Waals surface area contributed by atoms with E-state index in [0.717, 1.165) is 17.9 Å². The standard InChI is InChI=1S/C14H23NOS/c1-11-5-6-13(12(2)9-11)14(15-3)10-17-8-4-7-16/h5-6,9,14-16H,4,7-8,10H2,1-3H3. The van der Waals surface area contributed by atoms with Gasteiger partial charge >= 0.3 is 0 Å². The highest BCUT2D eigenvalue weighted by Crippen LogP contribution is 2.22. The summed E-state index contributed by atoms with van der Waals surface area (Å²) in [7, 11) is 2.01. The number of rotatable bonds is 7. The van der Waals surface area contributed by atoms with Gasteiger partial charge in [0.15, 0.2) is 0 Å². The maximum Gasteiger partial charge on any atom is 0.0438 e. The quantitative estimate of drug-likeness (QED) is 0.733. The Bertz CT molecular complexity index is 341. The van der Waals surface area contributed by atoms with Gasteiger partial charge in [0.1, 0.15) is 0 Å². The van der Waals surface area contributed by atoms with Crippen molar-refractivity contribution < 1.29 is 5.11 Å². The number of benzene rings is 1. The second kappa shape index (κ2) is 7.75. The van der Waals surface area contributed by atoms with Gasteiger partial charge in [-0.15, -0.1) is 0 Å². The summed E-state index contributed by atoms with van der Waals surface area (Å²) in [5, 5.41) is 12.1. The molecule has 1 aromatic rings. The van der Waals surface area contributed by atoms with E-state index in [4.69, 9.17) is 5.11 Å². The Balaban J connectivity index is 2.59. The minimum absolute atomic E-state index is 0.292. The molecule has 3 heteroatoms. The molecule has 2 N–H and O–H groups in total. The maximum atomic E-state index is 8.75. The van der Waals surface area contributed by atoms with Crippen LogP contribution in [0.3, 0.4) is 0 Å². The Morgan fingerprint density at radius 3 is 2.71 bits per heavy atom. The zero-order valence-electron chi connectivity index (χ0n) is 11.0. The van der Waals surface area contributed by atoms with Crippen LogP contribution in [0.5, 0.6) is 0 Å². The largest absolute Gasteiger partial charge is 0.396 e. The SMILES string of the molecule is CNC(CSCCCO)c1ccc(C)cc1C. The molecule has 0 aliphatic rings. The van der Waals surface area contributed by atoms with Crippen LogP contribution >= 0.6 is 11.8 Å². The summed E-state index contributed by atoms with van der Waals surface area (Å²) in [4.78, 5) is 0. The molecule has 0 saturated heterocycles. The van der Waals surface area contributed by atoms with Gasteiger partial charge in [-0.2, -0.15) is 11.8 Å². The second-order valence-electron chi connectivity index (χ2n) is 4.35. The van der Waals surface area contributed by atoms with E-state index in [1.807, 2.05) is 18.8 Å². The van der Waals surface area contributed by atoms with Crippen molar-refractivity contribution in [3.63, 3.8) is 0 Å². The fourth-order valence-electron chi connectivity index (χ4n) is 1.91. The predicted octanol–water partition coefficient (Wildman–Crippen LogP) is 2.68. The lowest BCUT2D eigenvalue weighted by Gasteiger charge is -2.19. The zero-order valence-corrected chi connectivity index (χ0v) is 11.8. The van der Waals surface area contributed by atoms with E-state index in [1.54, 1.807) is 0 Å². The summed E-state index contributed by atoms with van der Waals surface area (Å²) in [6.07, 6.45) is 0.883. The van der Waals surface area contributed by atoms with E-state index in [-0.39, 0.29) is 0 Å². The van der Waals surface area contributed by atoms with Crippen LogP contribution in [0.15, 0.2) is 18.2 Å². The van der Waals surface area contributed by atoms with Gasteiger partial charge < -0.3 is 10.4 Å². The van der Waals surface area contributed by atoms with Gasteiger partial charge in [0, 0.05) is 18.4 Å². The number of aliphatic hydroxyl groups excluding tert-OH is 1. The Morgan fingerprint density at radius 1 is 1.35 bits per heavy atom. The third kappa shape index (κ3) is 4.70. The highest BCUT2D eigenvalue weighted by molar-refractivity contribution is 7.99. The summed E-state index contributed by atoms with van der Waals surface area (Å²) in [5.41, 5.74) is 4.05. The van der Waals surface area contributed by atoms with Crippen LogP contribution in [0.4, 0.5) is 0 Å². The van der Waals surface area contributed by atoms with Crippen molar-refractivity contribution >= 4 is 11.8 Å². The normalized spacial score (nSPS) is 12.7. The minimum Gasteiger partial charge on any atom is -0.396 e. The summed E-state index contributed by atoms with van der Waals surface area (Å²) in [6.45, 7) is 4.59. The van der Waals surface area contributed by atoms with E-state index < -0.39 is 0 Å². The highest BCUT2D eigenvalue weighted by atomic mass is 32.2. The van der Waals surface area contributed by atoms with Crippen molar-refractivity contribution in [1.29, 1.82) is 0 Å². The first-order valence-corrected chi connectivity index (χ1v) is 7.27. The maximum absolute atomic E-state index is 8.75. The molecule has 1 unspecified atom stereocenters. The van der Waals surface area contributed by atoms with Gasteiger partial charge in [-0.1, -0.05) is 23.8 Å². The van der Waals surface area contributed by atoms with Gasteiger partial charge in [-0.25, -0.2) is 0 Å². The molecule has 0 radical (unpaired) electrons. The van der Waals surface area contributed by atoms with E-state index in [1.165, 1.54) is 16.7 Å². The highest BCUT2D eigenvalue weighted by Gasteiger charge is 2.11. The molecule has 96 valence electrons. The number of aliphatic hydroxyl groups is 1. The second-order valence-corrected chi connectivity index (χ2v) is 5.50. The average Bonchev–Trinajstić information content (AvgIpc) is 2.31. The molecule has 0 aliphatic carbocycles. The number of hydrogen-bond acceptors (Lipinski definition) is 3. The Kier molecular flexibility index (Phi) is 6.63. The molecule has 17 heavy (non-hydrogen) atoms. The van der Waals surface area contributed by atoms with Crippen LogP contribution in [0, 0.1) is 13.8 Å². The van der Waals surface area contributed by atoms with Gasteiger partial charge in [0.25, 0.3) is 0 Å². The summed E-state index contributed by atoms with van der Waals surface area (Å²) >= 11 is 1.90. The van der Waals surface area contributed by atoms with Crippen LogP contribution < -0.4 is 5.32 Å². The molecule has 0 heterocycles. The molecular weight excluding hydrogens is 230 g/mol. The molecule has 0 fully saturated rings. The predicted molar refractivity (Wildman–Crippen MR) is 76.7 cm³/mol. The van der Waals surface area contributed by atoms with E-state index in [0.29, 0.717) is 12.6 Å². The van der Waals surface area contributed by atoms with E-state index in [2.05, 4.69) is 37.4 Å². The summed E-state index contributed by atoms with van der Waals surface area (Å²) in [5.74, 6) is 2.08. The van der Waals surface area contributed by atoms with Crippen LogP contribution in [0.1, 0.15) is 29.2 Å². The number of hydrogen-bond donors (Lipinski definition) is 2. The van der Waals surface area contributed by atoms with Gasteiger partial charge in [-0.3, -0.25) is 0 Å². The fourth-order valence-corrected chi connectivity index (χ4v) is 2.99. The number of nitrogens with one attached hydrogen (secondary N) is 1. The van der Waals surface area contributed by atoms with Gasteiger partial charge in [-0.05, 0) is 44.2 Å². The van der Waals surface area contributed by atoms with Crippen molar-refractivity contribution in [3.05, 3.63) is 34.9 Å². The minimum atomic E-state index is 0.292. The Morgan fingerprint density at radius 2 is 2.12 bits per heavy atom. The smallest absolute Gasteiger partial charge is 0.0438 e. The molecule has 0 saturated carbocycles. The summed E-state index contributed by atoms with van der Waals surface area (Å²) < 4.78 is 0. The van der Waals surface area contributed by atoms with Crippen LogP contribution in [0.2, 0.25) is 0 Å². The molecule has 0 bridgehead atoms. The van der Waals surface area contributed by atoms with Crippen LogP contribution in [-0.2, 0) is 0 Å². The lowest BCUT2D eigenvalue weighted by Crippen LogP contribution is -2.20. The molecule has 0 aliphatic heterocycles. The molecule has 0 aromatic heterocycles. The number of aryl methyl sites for hydroxylation is 2. The topological polar surface area (TPSA) is 32.3 Å². The molecule has 0 amide bonds. The number of thioether (sulfide) groups is 1. The van der Waals surface area contributed by atoms with Crippen LogP contribution in [-0.4, -0.2) is 30.3 Å². The lowest BCUT2D eigenvalue weighted by molar-refractivity contribution is 0.296. The molecule has 1 rings (SSSR count). The molecule has 2 nitrogen and oxygen atoms in total. The van der Waals surface area contributed by atoms with E-state index >= 15 is 0 Å². The van der Waals surface area contributed by atoms with Crippen molar-refractivity contribution in [2.24, 2.45) is 0 Å². The third-order valence-electron chi connectivity index (χ3n) is 2.88. The first kappa shape index (κ1) is 14.6. The average molecular weight is 253 g/mol. The molecular formula is C14H23NOS. The van der Waals surface area contributed by atoms with Crippen molar-refractivity contribution in [1.82, 2.24) is 5.32 Å². The Hall–Kier alpha value is -0.510. The third-order valence-corrected chi connectivity index (χ3v) is 4.03. The van der Waals surface area contributed by atoms with Crippen molar-refractivity contribution in [3.8, 4) is 0 Å². The van der Waals surface area contributed by atoms with Crippen molar-refractivity contribution in [2.45, 2.75) is 26.3 Å². The fraction of sp³-hybridized carbons (Fsp3) is 0.571. The monoisotopic (exact) mass is 253 g/mol. The van der Waals surface area contributed by atoms with E-state index in [9.17, 15) is 0 Å². The zero-order chi connectivity index (χ0) is 12.7. The first-order chi connectivity index (χ1) is 8.19. The lowest BCUT2D eigenvalue weighted by atomic mass is 10.0. The molecule has 0 spiro atoms. The van der Waals surface area contributed by atoms with Crippen molar-refractivity contribution in [2.75, 3.05) is 25.2 Å². The molecule has 1 aromatic carbocycles. The van der Waals surface area contributed by atoms with Gasteiger partial charge in [0.2, 0.25) is 0 Å². The summed E-state index contributed by atoms with van der Waals surface area (Å²) in [6, 6.07) is 7.03. The first-order valence-electron chi connectivity index (χ1n) is 6.12. The van der Waals surface area contributed by atoms with Gasteiger partial charge in [0.05, 0.1) is 0 Å².